The third kappa shape index (κ3) is 5.13. The maximum Gasteiger partial charge on any atom is 0.410 e. The molecule has 6 nitrogen and oxygen atoms in total. The van der Waals surface area contributed by atoms with Crippen molar-refractivity contribution in [3.63, 3.8) is 0 Å². The van der Waals surface area contributed by atoms with Crippen LogP contribution >= 0.6 is 0 Å². The zero-order valence-electron chi connectivity index (χ0n) is 16.8. The Bertz CT molecular complexity index is 663. The van der Waals surface area contributed by atoms with Gasteiger partial charge in [-0.3, -0.25) is 0 Å². The average molecular weight is 362 g/mol. The number of aryl methyl sites for hydroxylation is 1. The van der Waals surface area contributed by atoms with E-state index in [1.807, 2.05) is 72.7 Å². The van der Waals surface area contributed by atoms with E-state index in [4.69, 9.17) is 9.47 Å². The summed E-state index contributed by atoms with van der Waals surface area (Å²) in [6, 6.07) is 7.92. The first-order valence-corrected chi connectivity index (χ1v) is 8.86. The Morgan fingerprint density at radius 2 is 1.46 bits per heavy atom. The Labute approximate surface area is 155 Å². The molecule has 0 aliphatic carbocycles. The topological polar surface area (TPSA) is 67.9 Å². The standard InChI is InChI=1S/C20H30N2O4/c1-14-8-10-15(11-9-14)20(21-16(23)25-18(2,3)4)12-22(13-20)17(24)26-19(5,6)7/h8-11H,12-13H2,1-7H3,(H,21,23). The molecule has 1 saturated heterocycles. The Morgan fingerprint density at radius 1 is 0.962 bits per heavy atom. The molecule has 2 rings (SSSR count). The maximum absolute atomic E-state index is 12.3. The second-order valence-electron chi connectivity index (χ2n) is 8.91. The maximum atomic E-state index is 12.3. The van der Waals surface area contributed by atoms with Crippen molar-refractivity contribution >= 4 is 12.2 Å². The fourth-order valence-corrected chi connectivity index (χ4v) is 2.77. The van der Waals surface area contributed by atoms with Gasteiger partial charge in [-0.05, 0) is 54.0 Å². The van der Waals surface area contributed by atoms with Crippen molar-refractivity contribution in [2.75, 3.05) is 13.1 Å². The molecule has 144 valence electrons. The van der Waals surface area contributed by atoms with Crippen LogP contribution in [0.25, 0.3) is 0 Å². The van der Waals surface area contributed by atoms with Crippen molar-refractivity contribution in [1.82, 2.24) is 10.2 Å². The summed E-state index contributed by atoms with van der Waals surface area (Å²) in [7, 11) is 0. The molecule has 26 heavy (non-hydrogen) atoms. The van der Waals surface area contributed by atoms with Crippen LogP contribution in [-0.4, -0.2) is 41.4 Å². The largest absolute Gasteiger partial charge is 0.444 e. The van der Waals surface area contributed by atoms with Crippen LogP contribution in [0.3, 0.4) is 0 Å². The lowest BCUT2D eigenvalue weighted by Gasteiger charge is -2.50. The minimum atomic E-state index is -0.674. The van der Waals surface area contributed by atoms with Gasteiger partial charge in [0, 0.05) is 0 Å². The van der Waals surface area contributed by atoms with Gasteiger partial charge in [0.05, 0.1) is 13.1 Å². The summed E-state index contributed by atoms with van der Waals surface area (Å²) in [4.78, 5) is 26.2. The Kier molecular flexibility index (Phi) is 5.26. The summed E-state index contributed by atoms with van der Waals surface area (Å²) in [5.41, 5.74) is 0.246. The van der Waals surface area contributed by atoms with Crippen LogP contribution in [0.1, 0.15) is 52.7 Å². The lowest BCUT2D eigenvalue weighted by molar-refractivity contribution is -0.0230. The molecule has 1 aliphatic rings. The number of alkyl carbamates (subject to hydrolysis) is 1. The van der Waals surface area contributed by atoms with E-state index in [0.717, 1.165) is 11.1 Å². The van der Waals surface area contributed by atoms with Gasteiger partial charge in [-0.1, -0.05) is 29.8 Å². The molecule has 6 heteroatoms. The minimum absolute atomic E-state index is 0.338. The number of ether oxygens (including phenoxy) is 2. The Hall–Kier alpha value is -2.24. The second-order valence-corrected chi connectivity index (χ2v) is 8.91. The normalized spacial score (nSPS) is 16.5. The Balaban J connectivity index is 2.16. The van der Waals surface area contributed by atoms with E-state index >= 15 is 0 Å². The van der Waals surface area contributed by atoms with Crippen LogP contribution in [-0.2, 0) is 15.0 Å². The van der Waals surface area contributed by atoms with Crippen LogP contribution in [0.5, 0.6) is 0 Å². The molecule has 0 spiro atoms. The van der Waals surface area contributed by atoms with Gasteiger partial charge in [0.25, 0.3) is 0 Å². The van der Waals surface area contributed by atoms with Crippen LogP contribution in [0.4, 0.5) is 9.59 Å². The van der Waals surface area contributed by atoms with Gasteiger partial charge >= 0.3 is 12.2 Å². The molecule has 1 N–H and O–H groups in total. The average Bonchev–Trinajstić information content (AvgIpc) is 2.39. The zero-order valence-corrected chi connectivity index (χ0v) is 16.8. The predicted octanol–water partition coefficient (Wildman–Crippen LogP) is 3.97. The summed E-state index contributed by atoms with van der Waals surface area (Å²) in [6.45, 7) is 13.6. The fourth-order valence-electron chi connectivity index (χ4n) is 2.77. The van der Waals surface area contributed by atoms with Gasteiger partial charge in [-0.15, -0.1) is 0 Å². The molecule has 0 bridgehead atoms. The predicted molar refractivity (Wildman–Crippen MR) is 100 cm³/mol. The first-order valence-electron chi connectivity index (χ1n) is 8.86. The first kappa shape index (κ1) is 20.1. The molecule has 1 aliphatic heterocycles. The van der Waals surface area contributed by atoms with Gasteiger partial charge in [0.15, 0.2) is 0 Å². The number of carbonyl (C=O) groups excluding carboxylic acids is 2. The minimum Gasteiger partial charge on any atom is -0.444 e. The van der Waals surface area contributed by atoms with E-state index < -0.39 is 22.8 Å². The molecule has 0 atom stereocenters. The number of nitrogens with one attached hydrogen (secondary N) is 1. The van der Waals surface area contributed by atoms with E-state index in [-0.39, 0.29) is 6.09 Å². The van der Waals surface area contributed by atoms with E-state index in [1.165, 1.54) is 0 Å². The second kappa shape index (κ2) is 6.82. The summed E-state index contributed by atoms with van der Waals surface area (Å²) < 4.78 is 10.8. The molecular weight excluding hydrogens is 332 g/mol. The van der Waals surface area contributed by atoms with E-state index in [1.54, 1.807) is 4.90 Å². The number of carbonyl (C=O) groups is 2. The van der Waals surface area contributed by atoms with E-state index in [0.29, 0.717) is 13.1 Å². The third-order valence-electron chi connectivity index (χ3n) is 3.92. The lowest BCUT2D eigenvalue weighted by atomic mass is 9.82. The highest BCUT2D eigenvalue weighted by molar-refractivity contribution is 5.73. The highest BCUT2D eigenvalue weighted by atomic mass is 16.6. The van der Waals surface area contributed by atoms with E-state index in [2.05, 4.69) is 5.32 Å². The molecular formula is C20H30N2O4. The first-order chi connectivity index (χ1) is 11.8. The lowest BCUT2D eigenvalue weighted by Crippen LogP contribution is -2.69. The molecule has 0 unspecified atom stereocenters. The van der Waals surface area contributed by atoms with Crippen molar-refractivity contribution in [3.8, 4) is 0 Å². The van der Waals surface area contributed by atoms with Crippen molar-refractivity contribution in [2.24, 2.45) is 0 Å². The molecule has 0 saturated carbocycles. The zero-order chi connectivity index (χ0) is 19.8. The van der Waals surface area contributed by atoms with Crippen molar-refractivity contribution in [1.29, 1.82) is 0 Å². The molecule has 0 radical (unpaired) electrons. The highest BCUT2D eigenvalue weighted by Gasteiger charge is 2.49. The number of nitrogens with zero attached hydrogens (tertiary/aromatic N) is 1. The van der Waals surface area contributed by atoms with Gasteiger partial charge in [0.2, 0.25) is 0 Å². The number of hydrogen-bond donors (Lipinski definition) is 1. The summed E-state index contributed by atoms with van der Waals surface area (Å²) in [6.07, 6.45) is -0.881. The SMILES string of the molecule is Cc1ccc(C2(NC(=O)OC(C)(C)C)CN(C(=O)OC(C)(C)C)C2)cc1. The highest BCUT2D eigenvalue weighted by Crippen LogP contribution is 2.33. The molecule has 2 amide bonds. The van der Waals surface area contributed by atoms with Crippen LogP contribution in [0, 0.1) is 6.92 Å². The van der Waals surface area contributed by atoms with Gasteiger partial charge in [-0.25, -0.2) is 9.59 Å². The van der Waals surface area contributed by atoms with Crippen molar-refractivity contribution < 1.29 is 19.1 Å². The molecule has 0 aromatic heterocycles. The molecule has 1 fully saturated rings. The fraction of sp³-hybridized carbons (Fsp3) is 0.600. The summed E-state index contributed by atoms with van der Waals surface area (Å²) in [5.74, 6) is 0. The number of likely N-dealkylation sites (tertiary alicyclic amines) is 1. The number of hydrogen-bond acceptors (Lipinski definition) is 4. The Morgan fingerprint density at radius 3 is 1.92 bits per heavy atom. The van der Waals surface area contributed by atoms with E-state index in [9.17, 15) is 9.59 Å². The van der Waals surface area contributed by atoms with Gasteiger partial charge in [0.1, 0.15) is 16.7 Å². The van der Waals surface area contributed by atoms with Crippen molar-refractivity contribution in [2.45, 2.75) is 65.2 Å². The monoisotopic (exact) mass is 362 g/mol. The summed E-state index contributed by atoms with van der Waals surface area (Å²) in [5, 5.41) is 2.96. The molecule has 1 heterocycles. The van der Waals surface area contributed by atoms with Crippen LogP contribution in [0.2, 0.25) is 0 Å². The third-order valence-corrected chi connectivity index (χ3v) is 3.92. The van der Waals surface area contributed by atoms with Crippen molar-refractivity contribution in [3.05, 3.63) is 35.4 Å². The quantitative estimate of drug-likeness (QED) is 0.864. The summed E-state index contributed by atoms with van der Waals surface area (Å²) >= 11 is 0. The number of benzene rings is 1. The molecule has 1 aromatic carbocycles. The number of amides is 2. The van der Waals surface area contributed by atoms with Gasteiger partial charge in [-0.2, -0.15) is 0 Å². The number of rotatable bonds is 2. The van der Waals surface area contributed by atoms with Crippen LogP contribution < -0.4 is 5.32 Å². The molecule has 1 aromatic rings. The van der Waals surface area contributed by atoms with Crippen LogP contribution in [0.15, 0.2) is 24.3 Å². The van der Waals surface area contributed by atoms with Gasteiger partial charge < -0.3 is 19.7 Å². The smallest absolute Gasteiger partial charge is 0.410 e.